The third-order valence-electron chi connectivity index (χ3n) is 3.34. The van der Waals surface area contributed by atoms with E-state index in [9.17, 15) is 4.79 Å². The second kappa shape index (κ2) is 4.14. The van der Waals surface area contributed by atoms with E-state index in [0.29, 0.717) is 5.02 Å². The van der Waals surface area contributed by atoms with E-state index in [4.69, 9.17) is 16.3 Å². The van der Waals surface area contributed by atoms with Crippen LogP contribution in [0.5, 0.6) is 0 Å². The predicted molar refractivity (Wildman–Crippen MR) is 70.7 cm³/mol. The summed E-state index contributed by atoms with van der Waals surface area (Å²) in [7, 11) is 1.40. The van der Waals surface area contributed by atoms with Crippen LogP contribution in [0.25, 0.3) is 11.1 Å². The molecule has 3 heteroatoms. The molecule has 0 fully saturated rings. The van der Waals surface area contributed by atoms with Gasteiger partial charge in [-0.1, -0.05) is 48.0 Å². The first-order valence-corrected chi connectivity index (χ1v) is 6.07. The minimum Gasteiger partial charge on any atom is -0.468 e. The highest BCUT2D eigenvalue weighted by molar-refractivity contribution is 6.32. The Kier molecular flexibility index (Phi) is 2.60. The normalized spacial score (nSPS) is 16.0. The molecule has 1 aliphatic carbocycles. The minimum atomic E-state index is -0.408. The van der Waals surface area contributed by atoms with Gasteiger partial charge in [0.2, 0.25) is 0 Å². The maximum absolute atomic E-state index is 12.0. The number of rotatable bonds is 1. The van der Waals surface area contributed by atoms with E-state index < -0.39 is 5.92 Å². The molecule has 2 aromatic rings. The van der Waals surface area contributed by atoms with Gasteiger partial charge < -0.3 is 4.74 Å². The summed E-state index contributed by atoms with van der Waals surface area (Å²) in [5.41, 5.74) is 3.90. The highest BCUT2D eigenvalue weighted by Gasteiger charge is 2.35. The molecule has 0 amide bonds. The highest BCUT2D eigenvalue weighted by atomic mass is 35.5. The van der Waals surface area contributed by atoms with Gasteiger partial charge in [0.15, 0.2) is 0 Å². The van der Waals surface area contributed by atoms with Crippen molar-refractivity contribution in [2.45, 2.75) is 5.92 Å². The molecule has 1 aliphatic rings. The van der Waals surface area contributed by atoms with Gasteiger partial charge in [-0.3, -0.25) is 4.79 Å². The zero-order chi connectivity index (χ0) is 12.7. The summed E-state index contributed by atoms with van der Waals surface area (Å²) in [4.78, 5) is 12.0. The Morgan fingerprint density at radius 3 is 2.61 bits per heavy atom. The largest absolute Gasteiger partial charge is 0.468 e. The molecule has 1 atom stereocenters. The summed E-state index contributed by atoms with van der Waals surface area (Å²) in [6, 6.07) is 13.5. The Bertz CT molecular complexity index is 634. The SMILES string of the molecule is COC(=O)C1c2ccccc2-c2cccc(Cl)c21. The molecule has 0 heterocycles. The van der Waals surface area contributed by atoms with Crippen molar-refractivity contribution in [2.75, 3.05) is 7.11 Å². The Morgan fingerprint density at radius 2 is 1.83 bits per heavy atom. The van der Waals surface area contributed by atoms with Crippen molar-refractivity contribution in [1.29, 1.82) is 0 Å². The lowest BCUT2D eigenvalue weighted by Gasteiger charge is -2.11. The van der Waals surface area contributed by atoms with Crippen molar-refractivity contribution in [2.24, 2.45) is 0 Å². The Morgan fingerprint density at radius 1 is 1.11 bits per heavy atom. The van der Waals surface area contributed by atoms with Crippen LogP contribution in [0.2, 0.25) is 5.02 Å². The van der Waals surface area contributed by atoms with Crippen molar-refractivity contribution >= 4 is 17.6 Å². The number of benzene rings is 2. The van der Waals surface area contributed by atoms with E-state index in [2.05, 4.69) is 0 Å². The van der Waals surface area contributed by atoms with E-state index in [-0.39, 0.29) is 5.97 Å². The fraction of sp³-hybridized carbons (Fsp3) is 0.133. The molecule has 0 aliphatic heterocycles. The number of esters is 1. The van der Waals surface area contributed by atoms with E-state index >= 15 is 0 Å². The van der Waals surface area contributed by atoms with Crippen LogP contribution in [0.4, 0.5) is 0 Å². The molecule has 0 saturated carbocycles. The van der Waals surface area contributed by atoms with Crippen molar-refractivity contribution in [3.8, 4) is 11.1 Å². The van der Waals surface area contributed by atoms with Crippen LogP contribution in [-0.4, -0.2) is 13.1 Å². The van der Waals surface area contributed by atoms with Crippen LogP contribution in [0, 0.1) is 0 Å². The summed E-state index contributed by atoms with van der Waals surface area (Å²) in [6.45, 7) is 0. The topological polar surface area (TPSA) is 26.3 Å². The van der Waals surface area contributed by atoms with Crippen LogP contribution in [0.1, 0.15) is 17.0 Å². The smallest absolute Gasteiger partial charge is 0.317 e. The summed E-state index contributed by atoms with van der Waals surface area (Å²) in [6.07, 6.45) is 0. The second-order valence-electron chi connectivity index (χ2n) is 4.24. The molecule has 90 valence electrons. The van der Waals surface area contributed by atoms with Crippen LogP contribution in [-0.2, 0) is 9.53 Å². The average Bonchev–Trinajstić information content (AvgIpc) is 2.74. The Labute approximate surface area is 110 Å². The zero-order valence-corrected chi connectivity index (χ0v) is 10.6. The third kappa shape index (κ3) is 1.46. The number of hydrogen-bond donors (Lipinski definition) is 0. The van der Waals surface area contributed by atoms with Gasteiger partial charge in [0, 0.05) is 5.02 Å². The summed E-state index contributed by atoms with van der Waals surface area (Å²) >= 11 is 6.25. The quantitative estimate of drug-likeness (QED) is 0.730. The zero-order valence-electron chi connectivity index (χ0n) is 9.81. The van der Waals surface area contributed by atoms with E-state index in [1.807, 2.05) is 42.5 Å². The summed E-state index contributed by atoms with van der Waals surface area (Å²) in [5, 5.41) is 0.610. The fourth-order valence-corrected chi connectivity index (χ4v) is 2.86. The first-order chi connectivity index (χ1) is 8.74. The van der Waals surface area contributed by atoms with E-state index in [1.54, 1.807) is 0 Å². The molecule has 0 radical (unpaired) electrons. The lowest BCUT2D eigenvalue weighted by atomic mass is 9.97. The van der Waals surface area contributed by atoms with Crippen molar-refractivity contribution < 1.29 is 9.53 Å². The van der Waals surface area contributed by atoms with Gasteiger partial charge >= 0.3 is 5.97 Å². The first kappa shape index (κ1) is 11.3. The Balaban J connectivity index is 2.32. The number of ether oxygens (including phenoxy) is 1. The number of carbonyl (C=O) groups excluding carboxylic acids is 1. The number of carbonyl (C=O) groups is 1. The molecule has 2 aromatic carbocycles. The lowest BCUT2D eigenvalue weighted by molar-refractivity contribution is -0.141. The maximum Gasteiger partial charge on any atom is 0.317 e. The molecule has 0 aromatic heterocycles. The average molecular weight is 259 g/mol. The molecule has 2 nitrogen and oxygen atoms in total. The summed E-state index contributed by atoms with van der Waals surface area (Å²) in [5.74, 6) is -0.677. The monoisotopic (exact) mass is 258 g/mol. The van der Waals surface area contributed by atoms with Gasteiger partial charge in [-0.05, 0) is 28.3 Å². The van der Waals surface area contributed by atoms with Gasteiger partial charge in [-0.2, -0.15) is 0 Å². The van der Waals surface area contributed by atoms with Gasteiger partial charge in [-0.25, -0.2) is 0 Å². The molecule has 0 saturated heterocycles. The van der Waals surface area contributed by atoms with Crippen LogP contribution in [0.3, 0.4) is 0 Å². The highest BCUT2D eigenvalue weighted by Crippen LogP contribution is 2.47. The molecular formula is C15H11ClO2. The number of methoxy groups -OCH3 is 1. The van der Waals surface area contributed by atoms with Gasteiger partial charge in [0.25, 0.3) is 0 Å². The van der Waals surface area contributed by atoms with Crippen molar-refractivity contribution in [3.05, 3.63) is 58.6 Å². The summed E-state index contributed by atoms with van der Waals surface area (Å²) < 4.78 is 4.91. The van der Waals surface area contributed by atoms with Crippen LogP contribution in [0.15, 0.2) is 42.5 Å². The van der Waals surface area contributed by atoms with Crippen molar-refractivity contribution in [1.82, 2.24) is 0 Å². The molecule has 0 spiro atoms. The van der Waals surface area contributed by atoms with Crippen LogP contribution < -0.4 is 0 Å². The van der Waals surface area contributed by atoms with Gasteiger partial charge in [0.1, 0.15) is 5.92 Å². The third-order valence-corrected chi connectivity index (χ3v) is 3.67. The minimum absolute atomic E-state index is 0.269. The standard InChI is InChI=1S/C15H11ClO2/c1-18-15(17)14-11-6-3-2-5-9(11)10-7-4-8-12(16)13(10)14/h2-8,14H,1H3. The van der Waals surface area contributed by atoms with Crippen LogP contribution >= 0.6 is 11.6 Å². The maximum atomic E-state index is 12.0. The molecule has 0 N–H and O–H groups in total. The molecule has 18 heavy (non-hydrogen) atoms. The fourth-order valence-electron chi connectivity index (χ4n) is 2.58. The van der Waals surface area contributed by atoms with Crippen molar-refractivity contribution in [3.63, 3.8) is 0 Å². The van der Waals surface area contributed by atoms with E-state index in [1.165, 1.54) is 7.11 Å². The number of fused-ring (bicyclic) bond motifs is 3. The lowest BCUT2D eigenvalue weighted by Crippen LogP contribution is -2.13. The van der Waals surface area contributed by atoms with Gasteiger partial charge in [0.05, 0.1) is 7.11 Å². The number of hydrogen-bond acceptors (Lipinski definition) is 2. The van der Waals surface area contributed by atoms with Gasteiger partial charge in [-0.15, -0.1) is 0 Å². The molecule has 3 rings (SSSR count). The van der Waals surface area contributed by atoms with E-state index in [0.717, 1.165) is 22.3 Å². The predicted octanol–water partition coefficient (Wildman–Crippen LogP) is 3.63. The second-order valence-corrected chi connectivity index (χ2v) is 4.65. The number of halogens is 1. The molecule has 0 bridgehead atoms. The molecule has 1 unspecified atom stereocenters. The molecular weight excluding hydrogens is 248 g/mol. The first-order valence-electron chi connectivity index (χ1n) is 5.69. The Hall–Kier alpha value is -1.80.